The van der Waals surface area contributed by atoms with E-state index in [4.69, 9.17) is 14.2 Å². The van der Waals surface area contributed by atoms with Gasteiger partial charge in [-0.3, -0.25) is 9.80 Å². The number of para-hydroxylation sites is 1. The largest absolute Gasteiger partial charge is 0.496 e. The molecule has 1 fully saturated rings. The van der Waals surface area contributed by atoms with E-state index < -0.39 is 36.1 Å². The predicted octanol–water partition coefficient (Wildman–Crippen LogP) is 4.31. The molecule has 11 nitrogen and oxygen atoms in total. The number of carboxylic acids is 1. The predicted molar refractivity (Wildman–Crippen MR) is 151 cm³/mol. The summed E-state index contributed by atoms with van der Waals surface area (Å²) in [6.07, 6.45) is 2.68. The van der Waals surface area contributed by atoms with Crippen LogP contribution >= 0.6 is 11.3 Å². The second-order valence-electron chi connectivity index (χ2n) is 11.1. The first kappa shape index (κ1) is 29.2. The molecular weight excluding hydrogens is 550 g/mol. The lowest BCUT2D eigenvalue weighted by molar-refractivity contribution is -0.153. The molecule has 0 radical (unpaired) electrons. The van der Waals surface area contributed by atoms with Crippen LogP contribution in [0.4, 0.5) is 9.80 Å². The average Bonchev–Trinajstić information content (AvgIpc) is 3.59. The standard InChI is InChI=1S/C29H37N3O8S/c1-16-22-25(34)32(29(2,3)27(35)36)28(37)31(26(22)41-23(16)24-30-13-14-39-24)15-21(19-7-5-6-8-20(19)38-4)40-18-11-9-17(33)10-12-18/h5-8,13-14,17-18,21,24-25,30,33-34H,9-12,15H2,1-4H3,(H,35,36)/t17?,18?,21-,24?,25?/m0/s1. The van der Waals surface area contributed by atoms with Crippen molar-refractivity contribution in [3.05, 3.63) is 58.3 Å². The molecule has 0 bridgehead atoms. The summed E-state index contributed by atoms with van der Waals surface area (Å²) in [5.74, 6) is -0.650. The van der Waals surface area contributed by atoms with Crippen molar-refractivity contribution in [2.45, 2.75) is 82.8 Å². The number of amides is 2. The molecule has 3 atom stereocenters. The van der Waals surface area contributed by atoms with Crippen LogP contribution in [0, 0.1) is 6.92 Å². The second-order valence-corrected chi connectivity index (χ2v) is 12.1. The number of carbonyl (C=O) groups is 2. The highest BCUT2D eigenvalue weighted by Crippen LogP contribution is 2.49. The van der Waals surface area contributed by atoms with E-state index in [1.54, 1.807) is 13.3 Å². The molecule has 1 aromatic heterocycles. The summed E-state index contributed by atoms with van der Waals surface area (Å²) in [7, 11) is 1.57. The molecule has 3 aliphatic rings. The Hall–Kier alpha value is -3.32. The quantitative estimate of drug-likeness (QED) is 0.338. The van der Waals surface area contributed by atoms with Crippen molar-refractivity contribution in [1.82, 2.24) is 10.2 Å². The number of methoxy groups -OCH3 is 1. The minimum Gasteiger partial charge on any atom is -0.496 e. The highest BCUT2D eigenvalue weighted by molar-refractivity contribution is 7.16. The molecule has 2 unspecified atom stereocenters. The number of benzene rings is 1. The van der Waals surface area contributed by atoms with Crippen LogP contribution in [0.3, 0.4) is 0 Å². The maximum absolute atomic E-state index is 14.2. The third-order valence-electron chi connectivity index (χ3n) is 8.12. The van der Waals surface area contributed by atoms with Crippen molar-refractivity contribution < 1.29 is 39.1 Å². The maximum atomic E-state index is 14.2. The molecule has 41 heavy (non-hydrogen) atoms. The van der Waals surface area contributed by atoms with Gasteiger partial charge in [-0.15, -0.1) is 11.3 Å². The van der Waals surface area contributed by atoms with E-state index in [1.165, 1.54) is 36.3 Å². The van der Waals surface area contributed by atoms with Crippen LogP contribution in [0.25, 0.3) is 0 Å². The summed E-state index contributed by atoms with van der Waals surface area (Å²) in [5, 5.41) is 35.2. The van der Waals surface area contributed by atoms with E-state index in [9.17, 15) is 24.9 Å². The maximum Gasteiger partial charge on any atom is 0.329 e. The van der Waals surface area contributed by atoms with E-state index in [-0.39, 0.29) is 18.8 Å². The molecule has 1 aliphatic carbocycles. The molecule has 0 saturated heterocycles. The summed E-state index contributed by atoms with van der Waals surface area (Å²) in [4.78, 5) is 29.8. The third-order valence-corrected chi connectivity index (χ3v) is 9.50. The van der Waals surface area contributed by atoms with E-state index in [0.717, 1.165) is 15.3 Å². The van der Waals surface area contributed by atoms with Gasteiger partial charge in [0.25, 0.3) is 0 Å². The summed E-state index contributed by atoms with van der Waals surface area (Å²) >= 11 is 1.31. The number of aliphatic hydroxyl groups excluding tert-OH is 2. The van der Waals surface area contributed by atoms with Crippen molar-refractivity contribution in [3.8, 4) is 5.75 Å². The Morgan fingerprint density at radius 2 is 1.93 bits per heavy atom. The zero-order valence-electron chi connectivity index (χ0n) is 23.6. The van der Waals surface area contributed by atoms with Gasteiger partial charge in [0.05, 0.1) is 30.7 Å². The van der Waals surface area contributed by atoms with Gasteiger partial charge in [0, 0.05) is 17.3 Å². The first-order valence-corrected chi connectivity index (χ1v) is 14.5. The molecule has 2 aliphatic heterocycles. The number of thiophene rings is 1. The Bertz CT molecular complexity index is 1310. The Balaban J connectivity index is 1.59. The number of aliphatic hydroxyl groups is 2. The fourth-order valence-corrected chi connectivity index (χ4v) is 7.02. The van der Waals surface area contributed by atoms with Crippen LogP contribution in [0.15, 0.2) is 36.7 Å². The normalized spacial score (nSPS) is 25.0. The van der Waals surface area contributed by atoms with E-state index >= 15 is 0 Å². The van der Waals surface area contributed by atoms with Crippen LogP contribution < -0.4 is 15.0 Å². The minimum absolute atomic E-state index is 0.0424. The number of rotatable bonds is 9. The lowest BCUT2D eigenvalue weighted by atomic mass is 9.94. The molecule has 0 spiro atoms. The van der Waals surface area contributed by atoms with Crippen molar-refractivity contribution in [3.63, 3.8) is 0 Å². The first-order chi connectivity index (χ1) is 19.5. The van der Waals surface area contributed by atoms with Gasteiger partial charge < -0.3 is 34.8 Å². The highest BCUT2D eigenvalue weighted by Gasteiger charge is 2.50. The number of aliphatic carboxylic acids is 1. The third kappa shape index (κ3) is 5.36. The van der Waals surface area contributed by atoms with Gasteiger partial charge in [0.15, 0.2) is 6.23 Å². The Morgan fingerprint density at radius 1 is 1.22 bits per heavy atom. The number of fused-ring (bicyclic) bond motifs is 1. The lowest BCUT2D eigenvalue weighted by Gasteiger charge is -2.46. The van der Waals surface area contributed by atoms with Gasteiger partial charge in [0.1, 0.15) is 28.7 Å². The van der Waals surface area contributed by atoms with Crippen LogP contribution in [0.5, 0.6) is 5.75 Å². The summed E-state index contributed by atoms with van der Waals surface area (Å²) in [6.45, 7) is 4.67. The van der Waals surface area contributed by atoms with Crippen LogP contribution in [0.2, 0.25) is 0 Å². The van der Waals surface area contributed by atoms with Crippen LogP contribution in [-0.2, 0) is 14.3 Å². The van der Waals surface area contributed by atoms with E-state index in [0.29, 0.717) is 47.6 Å². The van der Waals surface area contributed by atoms with Crippen LogP contribution in [-0.4, -0.2) is 63.6 Å². The van der Waals surface area contributed by atoms with Gasteiger partial charge in [0.2, 0.25) is 6.23 Å². The van der Waals surface area contributed by atoms with Gasteiger partial charge in [-0.1, -0.05) is 18.2 Å². The average molecular weight is 588 g/mol. The molecule has 3 heterocycles. The monoisotopic (exact) mass is 587 g/mol. The number of ether oxygens (including phenoxy) is 3. The zero-order chi connectivity index (χ0) is 29.5. The summed E-state index contributed by atoms with van der Waals surface area (Å²) < 4.78 is 18.0. The van der Waals surface area contributed by atoms with Crippen molar-refractivity contribution in [1.29, 1.82) is 0 Å². The molecule has 2 aromatic rings. The summed E-state index contributed by atoms with van der Waals surface area (Å²) in [5.41, 5.74) is 0.184. The number of urea groups is 1. The molecule has 1 aromatic carbocycles. The molecule has 4 N–H and O–H groups in total. The van der Waals surface area contributed by atoms with Gasteiger partial charge in [-0.2, -0.15) is 0 Å². The number of carbonyl (C=O) groups excluding carboxylic acids is 1. The molecule has 222 valence electrons. The minimum atomic E-state index is -1.72. The number of hydrogen-bond acceptors (Lipinski definition) is 9. The summed E-state index contributed by atoms with van der Waals surface area (Å²) in [6, 6.07) is 6.79. The van der Waals surface area contributed by atoms with E-state index in [1.807, 2.05) is 31.2 Å². The van der Waals surface area contributed by atoms with Crippen molar-refractivity contribution >= 4 is 28.3 Å². The van der Waals surface area contributed by atoms with E-state index in [2.05, 4.69) is 5.32 Å². The fourth-order valence-electron chi connectivity index (χ4n) is 5.69. The first-order valence-electron chi connectivity index (χ1n) is 13.7. The zero-order valence-corrected chi connectivity index (χ0v) is 24.4. The molecule has 2 amide bonds. The molecule has 5 rings (SSSR count). The number of hydrogen-bond donors (Lipinski definition) is 4. The Kier molecular flexibility index (Phi) is 8.20. The van der Waals surface area contributed by atoms with Crippen molar-refractivity contribution in [2.75, 3.05) is 18.6 Å². The Labute approximate surface area is 242 Å². The Morgan fingerprint density at radius 3 is 2.56 bits per heavy atom. The fraction of sp³-hybridized carbons (Fsp3) is 0.517. The number of nitrogens with zero attached hydrogens (tertiary/aromatic N) is 2. The van der Waals surface area contributed by atoms with Crippen molar-refractivity contribution in [2.24, 2.45) is 0 Å². The van der Waals surface area contributed by atoms with Crippen LogP contribution in [0.1, 0.15) is 79.7 Å². The molecular formula is C29H37N3O8S. The SMILES string of the molecule is COc1ccccc1[C@H](CN1C(=O)N(C(C)(C)C(=O)O)C(O)c2c1sc(C1NC=CO1)c2C)OC1CCC(O)CC1. The number of carboxylic acid groups (broad SMARTS) is 1. The number of anilines is 1. The molecule has 1 saturated carbocycles. The second kappa shape index (κ2) is 11.5. The van der Waals surface area contributed by atoms with Gasteiger partial charge in [-0.05, 0) is 58.1 Å². The lowest BCUT2D eigenvalue weighted by Crippen LogP contribution is -2.61. The topological polar surface area (TPSA) is 141 Å². The number of nitrogens with one attached hydrogen (secondary N) is 1. The smallest absolute Gasteiger partial charge is 0.329 e. The van der Waals surface area contributed by atoms with Gasteiger partial charge >= 0.3 is 12.0 Å². The van der Waals surface area contributed by atoms with Gasteiger partial charge in [-0.25, -0.2) is 9.59 Å². The molecule has 12 heteroatoms. The highest BCUT2D eigenvalue weighted by atomic mass is 32.1.